The zero-order chi connectivity index (χ0) is 15.4. The molecular formula is C19H27FO2. The predicted molar refractivity (Wildman–Crippen MR) is 85.0 cm³/mol. The fourth-order valence-electron chi connectivity index (χ4n) is 3.69. The first-order chi connectivity index (χ1) is 10.7. The van der Waals surface area contributed by atoms with Gasteiger partial charge in [0.25, 0.3) is 0 Å². The summed E-state index contributed by atoms with van der Waals surface area (Å²) in [5.41, 5.74) is 1.14. The fourth-order valence-corrected chi connectivity index (χ4v) is 3.69. The molecule has 1 aromatic carbocycles. The summed E-state index contributed by atoms with van der Waals surface area (Å²) < 4.78 is 24.7. The summed E-state index contributed by atoms with van der Waals surface area (Å²) in [5.74, 6) is 2.08. The van der Waals surface area contributed by atoms with E-state index in [4.69, 9.17) is 9.47 Å². The van der Waals surface area contributed by atoms with Gasteiger partial charge >= 0.3 is 0 Å². The molecule has 0 atom stereocenters. The van der Waals surface area contributed by atoms with Crippen molar-refractivity contribution in [3.63, 3.8) is 0 Å². The summed E-state index contributed by atoms with van der Waals surface area (Å²) in [5, 5.41) is 0. The number of rotatable bonds is 4. The molecule has 1 heterocycles. The Morgan fingerprint density at radius 2 is 1.59 bits per heavy atom. The van der Waals surface area contributed by atoms with Crippen molar-refractivity contribution in [1.29, 1.82) is 0 Å². The Kier molecular flexibility index (Phi) is 5.48. The molecular weight excluding hydrogens is 279 g/mol. The van der Waals surface area contributed by atoms with Gasteiger partial charge in [-0.3, -0.25) is 0 Å². The van der Waals surface area contributed by atoms with Crippen molar-refractivity contribution in [2.75, 3.05) is 13.2 Å². The van der Waals surface area contributed by atoms with Crippen LogP contribution in [0, 0.1) is 23.6 Å². The Bertz CT molecular complexity index is 443. The third-order valence-corrected chi connectivity index (χ3v) is 5.30. The molecule has 1 saturated heterocycles. The van der Waals surface area contributed by atoms with Gasteiger partial charge in [0.15, 0.2) is 6.29 Å². The Morgan fingerprint density at radius 1 is 0.955 bits per heavy atom. The van der Waals surface area contributed by atoms with Crippen molar-refractivity contribution >= 4 is 0 Å². The Balaban J connectivity index is 1.39. The van der Waals surface area contributed by atoms with Crippen LogP contribution in [0.5, 0.6) is 0 Å². The smallest absolute Gasteiger partial charge is 0.157 e. The minimum absolute atomic E-state index is 0.0937. The van der Waals surface area contributed by atoms with E-state index in [0.717, 1.165) is 43.5 Å². The molecule has 2 aliphatic rings. The normalized spacial score (nSPS) is 32.8. The molecule has 3 heteroatoms. The highest BCUT2D eigenvalue weighted by Gasteiger charge is 2.30. The maximum atomic E-state index is 12.9. The van der Waals surface area contributed by atoms with E-state index >= 15 is 0 Å². The second-order valence-corrected chi connectivity index (χ2v) is 7.04. The minimum Gasteiger partial charge on any atom is -0.352 e. The van der Waals surface area contributed by atoms with Crippen molar-refractivity contribution in [1.82, 2.24) is 0 Å². The Hall–Kier alpha value is -0.930. The van der Waals surface area contributed by atoms with Gasteiger partial charge in [-0.15, -0.1) is 0 Å². The minimum atomic E-state index is -0.182. The number of benzene rings is 1. The Labute approximate surface area is 133 Å². The topological polar surface area (TPSA) is 18.5 Å². The summed E-state index contributed by atoms with van der Waals surface area (Å²) >= 11 is 0. The molecule has 0 N–H and O–H groups in total. The van der Waals surface area contributed by atoms with Gasteiger partial charge < -0.3 is 9.47 Å². The van der Waals surface area contributed by atoms with Gasteiger partial charge in [0.2, 0.25) is 0 Å². The van der Waals surface area contributed by atoms with E-state index in [1.165, 1.54) is 37.8 Å². The van der Waals surface area contributed by atoms with Crippen molar-refractivity contribution in [2.45, 2.75) is 51.7 Å². The van der Waals surface area contributed by atoms with Crippen LogP contribution in [-0.4, -0.2) is 19.5 Å². The standard InChI is InChI=1S/C19H27FO2/c1-14-2-7-16(8-3-14)17-12-21-19(22-13-17)11-6-15-4-9-18(20)10-5-15/h4-5,9-10,14,16-17,19H,2-3,6-8,11-13H2,1H3. The van der Waals surface area contributed by atoms with Crippen molar-refractivity contribution in [3.8, 4) is 0 Å². The molecule has 1 aliphatic carbocycles. The summed E-state index contributed by atoms with van der Waals surface area (Å²) in [4.78, 5) is 0. The van der Waals surface area contributed by atoms with Crippen molar-refractivity contribution in [2.24, 2.45) is 17.8 Å². The van der Waals surface area contributed by atoms with E-state index in [2.05, 4.69) is 6.92 Å². The van der Waals surface area contributed by atoms with Crippen LogP contribution in [0.15, 0.2) is 24.3 Å². The van der Waals surface area contributed by atoms with Gasteiger partial charge in [0.05, 0.1) is 13.2 Å². The van der Waals surface area contributed by atoms with E-state index in [-0.39, 0.29) is 12.1 Å². The number of hydrogen-bond donors (Lipinski definition) is 0. The van der Waals surface area contributed by atoms with E-state index in [0.29, 0.717) is 5.92 Å². The quantitative estimate of drug-likeness (QED) is 0.811. The average molecular weight is 306 g/mol. The van der Waals surface area contributed by atoms with Crippen LogP contribution in [0.25, 0.3) is 0 Å². The van der Waals surface area contributed by atoms with Gasteiger partial charge in [0.1, 0.15) is 5.82 Å². The number of halogens is 1. The van der Waals surface area contributed by atoms with Crippen molar-refractivity contribution < 1.29 is 13.9 Å². The van der Waals surface area contributed by atoms with Gasteiger partial charge in [-0.1, -0.05) is 31.9 Å². The van der Waals surface area contributed by atoms with Gasteiger partial charge in [0, 0.05) is 12.3 Å². The summed E-state index contributed by atoms with van der Waals surface area (Å²) in [7, 11) is 0. The van der Waals surface area contributed by atoms with Crippen LogP contribution >= 0.6 is 0 Å². The Morgan fingerprint density at radius 3 is 2.23 bits per heavy atom. The van der Waals surface area contributed by atoms with Gasteiger partial charge in [-0.25, -0.2) is 4.39 Å². The lowest BCUT2D eigenvalue weighted by Gasteiger charge is -2.37. The van der Waals surface area contributed by atoms with Crippen LogP contribution in [0.3, 0.4) is 0 Å². The first-order valence-corrected chi connectivity index (χ1v) is 8.68. The summed E-state index contributed by atoms with van der Waals surface area (Å²) in [6, 6.07) is 6.70. The molecule has 1 saturated carbocycles. The molecule has 122 valence electrons. The molecule has 22 heavy (non-hydrogen) atoms. The first-order valence-electron chi connectivity index (χ1n) is 8.68. The van der Waals surface area contributed by atoms with E-state index in [1.54, 1.807) is 0 Å². The molecule has 1 aliphatic heterocycles. The lowest BCUT2D eigenvalue weighted by molar-refractivity contribution is -0.212. The number of hydrogen-bond acceptors (Lipinski definition) is 2. The van der Waals surface area contributed by atoms with Gasteiger partial charge in [-0.2, -0.15) is 0 Å². The predicted octanol–water partition coefficient (Wildman–Crippen LogP) is 4.57. The monoisotopic (exact) mass is 306 g/mol. The third-order valence-electron chi connectivity index (χ3n) is 5.30. The highest BCUT2D eigenvalue weighted by atomic mass is 19.1. The highest BCUT2D eigenvalue weighted by molar-refractivity contribution is 5.16. The SMILES string of the molecule is CC1CCC(C2COC(CCc3ccc(F)cc3)OC2)CC1. The maximum Gasteiger partial charge on any atom is 0.157 e. The second-order valence-electron chi connectivity index (χ2n) is 7.04. The summed E-state index contributed by atoms with van der Waals surface area (Å²) in [6.45, 7) is 4.04. The lowest BCUT2D eigenvalue weighted by atomic mass is 9.76. The molecule has 2 nitrogen and oxygen atoms in total. The zero-order valence-corrected chi connectivity index (χ0v) is 13.5. The van der Waals surface area contributed by atoms with Crippen LogP contribution in [0.1, 0.15) is 44.6 Å². The molecule has 0 amide bonds. The van der Waals surface area contributed by atoms with Crippen LogP contribution in [-0.2, 0) is 15.9 Å². The van der Waals surface area contributed by atoms with E-state index < -0.39 is 0 Å². The van der Waals surface area contributed by atoms with E-state index in [9.17, 15) is 4.39 Å². The maximum absolute atomic E-state index is 12.9. The van der Waals surface area contributed by atoms with Crippen LogP contribution in [0.4, 0.5) is 4.39 Å². The largest absolute Gasteiger partial charge is 0.352 e. The molecule has 0 radical (unpaired) electrons. The second kappa shape index (κ2) is 7.56. The lowest BCUT2D eigenvalue weighted by Crippen LogP contribution is -2.37. The average Bonchev–Trinajstić information content (AvgIpc) is 2.56. The van der Waals surface area contributed by atoms with Crippen molar-refractivity contribution in [3.05, 3.63) is 35.6 Å². The molecule has 3 rings (SSSR count). The fraction of sp³-hybridized carbons (Fsp3) is 0.684. The molecule has 0 unspecified atom stereocenters. The number of aryl methyl sites for hydroxylation is 1. The zero-order valence-electron chi connectivity index (χ0n) is 13.5. The van der Waals surface area contributed by atoms with Crippen LogP contribution < -0.4 is 0 Å². The molecule has 0 aromatic heterocycles. The molecule has 0 spiro atoms. The first kappa shape index (κ1) is 15.9. The molecule has 0 bridgehead atoms. The highest BCUT2D eigenvalue weighted by Crippen LogP contribution is 2.35. The molecule has 1 aromatic rings. The number of ether oxygens (including phenoxy) is 2. The summed E-state index contributed by atoms with van der Waals surface area (Å²) in [6.07, 6.45) is 7.00. The third kappa shape index (κ3) is 4.30. The van der Waals surface area contributed by atoms with Crippen LogP contribution in [0.2, 0.25) is 0 Å². The van der Waals surface area contributed by atoms with E-state index in [1.807, 2.05) is 12.1 Å². The van der Waals surface area contributed by atoms with Gasteiger partial charge in [-0.05, 0) is 48.8 Å². The molecule has 2 fully saturated rings.